The molecule has 4 rings (SSSR count). The van der Waals surface area contributed by atoms with Crippen molar-refractivity contribution in [2.75, 3.05) is 5.32 Å². The molecule has 2 fully saturated rings. The van der Waals surface area contributed by atoms with E-state index >= 15 is 0 Å². The molecule has 1 saturated heterocycles. The van der Waals surface area contributed by atoms with Crippen LogP contribution in [-0.4, -0.2) is 33.2 Å². The van der Waals surface area contributed by atoms with E-state index in [0.717, 1.165) is 12.8 Å². The van der Waals surface area contributed by atoms with Crippen LogP contribution in [0.4, 0.5) is 20.2 Å². The summed E-state index contributed by atoms with van der Waals surface area (Å²) in [6.07, 6.45) is 1.80. The van der Waals surface area contributed by atoms with E-state index in [4.69, 9.17) is 0 Å². The number of nitrogens with zero attached hydrogens (tertiary/aromatic N) is 2. The molecule has 5 nitrogen and oxygen atoms in total. The Morgan fingerprint density at radius 2 is 1.68 bits per heavy atom. The van der Waals surface area contributed by atoms with Crippen molar-refractivity contribution in [3.05, 3.63) is 60.2 Å². The summed E-state index contributed by atoms with van der Waals surface area (Å²) in [6.45, 7) is 0. The van der Waals surface area contributed by atoms with Crippen LogP contribution in [0.5, 0.6) is 0 Å². The molecule has 1 saturated carbocycles. The SMILES string of the molecule is O=C(C[C@H]1SC(=Nc2ccc(F)cc2)N(C2CC2)C1=O)Nc1ccc(F)cc1. The van der Waals surface area contributed by atoms with Gasteiger partial charge in [-0.2, -0.15) is 0 Å². The Morgan fingerprint density at radius 3 is 2.29 bits per heavy atom. The predicted octanol–water partition coefficient (Wildman–Crippen LogP) is 4.09. The highest BCUT2D eigenvalue weighted by Crippen LogP contribution is 2.39. The van der Waals surface area contributed by atoms with Gasteiger partial charge in [-0.1, -0.05) is 11.8 Å². The molecular weight excluding hydrogens is 384 g/mol. The summed E-state index contributed by atoms with van der Waals surface area (Å²) in [5, 5.41) is 2.65. The van der Waals surface area contributed by atoms with E-state index in [2.05, 4.69) is 10.3 Å². The number of thioether (sulfide) groups is 1. The molecule has 1 atom stereocenters. The molecule has 0 aromatic heterocycles. The van der Waals surface area contributed by atoms with Gasteiger partial charge in [0.2, 0.25) is 11.8 Å². The van der Waals surface area contributed by atoms with E-state index < -0.39 is 5.25 Å². The van der Waals surface area contributed by atoms with E-state index in [1.807, 2.05) is 0 Å². The molecule has 28 heavy (non-hydrogen) atoms. The third-order valence-corrected chi connectivity index (χ3v) is 5.58. The topological polar surface area (TPSA) is 61.8 Å². The Balaban J connectivity index is 1.47. The fourth-order valence-electron chi connectivity index (χ4n) is 2.90. The van der Waals surface area contributed by atoms with Gasteiger partial charge in [0.05, 0.1) is 5.69 Å². The highest BCUT2D eigenvalue weighted by atomic mass is 32.2. The Morgan fingerprint density at radius 1 is 1.07 bits per heavy atom. The summed E-state index contributed by atoms with van der Waals surface area (Å²) in [5.74, 6) is -1.20. The minimum Gasteiger partial charge on any atom is -0.326 e. The number of anilines is 1. The minimum absolute atomic E-state index is 0.00741. The Bertz CT molecular complexity index is 927. The Hall–Kier alpha value is -2.74. The van der Waals surface area contributed by atoms with Crippen molar-refractivity contribution in [1.82, 2.24) is 4.90 Å². The molecule has 2 aliphatic rings. The number of hydrogen-bond acceptors (Lipinski definition) is 4. The number of carbonyl (C=O) groups is 2. The molecule has 0 unspecified atom stereocenters. The number of halogens is 2. The van der Waals surface area contributed by atoms with Crippen LogP contribution >= 0.6 is 11.8 Å². The first-order valence-electron chi connectivity index (χ1n) is 8.89. The second kappa shape index (κ2) is 7.71. The fraction of sp³-hybridized carbons (Fsp3) is 0.250. The lowest BCUT2D eigenvalue weighted by Crippen LogP contribution is -2.35. The molecule has 8 heteroatoms. The van der Waals surface area contributed by atoms with E-state index in [-0.39, 0.29) is 35.9 Å². The van der Waals surface area contributed by atoms with Gasteiger partial charge in [0.25, 0.3) is 0 Å². The molecule has 2 aromatic rings. The van der Waals surface area contributed by atoms with Crippen LogP contribution in [0.2, 0.25) is 0 Å². The van der Waals surface area contributed by atoms with Gasteiger partial charge >= 0.3 is 0 Å². The maximum atomic E-state index is 13.1. The normalized spacial score (nSPS) is 20.6. The number of benzene rings is 2. The van der Waals surface area contributed by atoms with Gasteiger partial charge in [0, 0.05) is 18.2 Å². The second-order valence-electron chi connectivity index (χ2n) is 6.68. The lowest BCUT2D eigenvalue weighted by molar-refractivity contribution is -0.128. The summed E-state index contributed by atoms with van der Waals surface area (Å²) < 4.78 is 26.1. The van der Waals surface area contributed by atoms with Crippen molar-refractivity contribution in [2.45, 2.75) is 30.6 Å². The molecule has 1 N–H and O–H groups in total. The van der Waals surface area contributed by atoms with Gasteiger partial charge < -0.3 is 5.32 Å². The monoisotopic (exact) mass is 401 g/mol. The molecule has 1 aliphatic carbocycles. The highest BCUT2D eigenvalue weighted by molar-refractivity contribution is 8.15. The third kappa shape index (κ3) is 4.22. The molecular formula is C20H17F2N3O2S. The number of carbonyl (C=O) groups excluding carboxylic acids is 2. The van der Waals surface area contributed by atoms with Gasteiger partial charge in [-0.25, -0.2) is 13.8 Å². The van der Waals surface area contributed by atoms with Crippen molar-refractivity contribution in [2.24, 2.45) is 4.99 Å². The molecule has 0 bridgehead atoms. The largest absolute Gasteiger partial charge is 0.326 e. The highest BCUT2D eigenvalue weighted by Gasteiger charge is 2.46. The van der Waals surface area contributed by atoms with E-state index in [9.17, 15) is 18.4 Å². The maximum Gasteiger partial charge on any atom is 0.242 e. The van der Waals surface area contributed by atoms with Crippen molar-refractivity contribution in [3.8, 4) is 0 Å². The predicted molar refractivity (Wildman–Crippen MR) is 104 cm³/mol. The Kier molecular flexibility index (Phi) is 5.13. The molecule has 0 radical (unpaired) electrons. The van der Waals surface area contributed by atoms with Crippen LogP contribution in [0, 0.1) is 11.6 Å². The first kappa shape index (κ1) is 18.6. The molecule has 1 aliphatic heterocycles. The standard InChI is InChI=1S/C20H17F2N3O2S/c21-12-1-5-14(6-2-12)23-18(26)11-17-19(27)25(16-9-10-16)20(28-17)24-15-7-3-13(22)4-8-15/h1-8,16-17H,9-11H2,(H,23,26)/t17-/m1/s1. The zero-order chi connectivity index (χ0) is 19.7. The van der Waals surface area contributed by atoms with Crippen molar-refractivity contribution >= 4 is 40.1 Å². The molecule has 2 amide bonds. The smallest absolute Gasteiger partial charge is 0.242 e. The average molecular weight is 401 g/mol. The number of amides is 2. The lowest BCUT2D eigenvalue weighted by atomic mass is 10.2. The van der Waals surface area contributed by atoms with Crippen molar-refractivity contribution in [1.29, 1.82) is 0 Å². The number of rotatable bonds is 5. The molecule has 1 heterocycles. The molecule has 0 spiro atoms. The van der Waals surface area contributed by atoms with Crippen molar-refractivity contribution in [3.63, 3.8) is 0 Å². The fourth-order valence-corrected chi connectivity index (χ4v) is 4.12. The molecule has 2 aromatic carbocycles. The van der Waals surface area contributed by atoms with Crippen LogP contribution in [0.3, 0.4) is 0 Å². The number of aliphatic imine (C=N–C) groups is 1. The Labute approximate surface area is 164 Å². The third-order valence-electron chi connectivity index (χ3n) is 4.43. The minimum atomic E-state index is -0.569. The zero-order valence-corrected chi connectivity index (χ0v) is 15.6. The summed E-state index contributed by atoms with van der Waals surface area (Å²) in [6, 6.07) is 11.3. The van der Waals surface area contributed by atoms with Crippen molar-refractivity contribution < 1.29 is 18.4 Å². The maximum absolute atomic E-state index is 13.1. The number of nitrogens with one attached hydrogen (secondary N) is 1. The van der Waals surface area contributed by atoms with Gasteiger partial charge in [-0.3, -0.25) is 14.5 Å². The van der Waals surface area contributed by atoms with Gasteiger partial charge in [0.15, 0.2) is 5.17 Å². The lowest BCUT2D eigenvalue weighted by Gasteiger charge is -2.15. The van der Waals surface area contributed by atoms with Gasteiger partial charge in [-0.15, -0.1) is 0 Å². The zero-order valence-electron chi connectivity index (χ0n) is 14.8. The number of hydrogen-bond donors (Lipinski definition) is 1. The van der Waals surface area contributed by atoms with Crippen LogP contribution < -0.4 is 5.32 Å². The summed E-state index contributed by atoms with van der Waals surface area (Å²) >= 11 is 1.25. The average Bonchev–Trinajstić information content (AvgIpc) is 3.45. The molecule has 144 valence electrons. The van der Waals surface area contributed by atoms with E-state index in [1.165, 1.54) is 48.2 Å². The van der Waals surface area contributed by atoms with Crippen LogP contribution in [0.15, 0.2) is 53.5 Å². The van der Waals surface area contributed by atoms with Crippen LogP contribution in [0.1, 0.15) is 19.3 Å². The van der Waals surface area contributed by atoms with Gasteiger partial charge in [-0.05, 0) is 61.4 Å². The van der Waals surface area contributed by atoms with E-state index in [1.54, 1.807) is 17.0 Å². The quantitative estimate of drug-likeness (QED) is 0.821. The van der Waals surface area contributed by atoms with Crippen LogP contribution in [0.25, 0.3) is 0 Å². The van der Waals surface area contributed by atoms with E-state index in [0.29, 0.717) is 16.5 Å². The van der Waals surface area contributed by atoms with Gasteiger partial charge in [0.1, 0.15) is 16.9 Å². The summed E-state index contributed by atoms with van der Waals surface area (Å²) in [4.78, 5) is 31.3. The van der Waals surface area contributed by atoms with Crippen LogP contribution in [-0.2, 0) is 9.59 Å². The first-order valence-corrected chi connectivity index (χ1v) is 9.77. The first-order chi connectivity index (χ1) is 13.5. The second-order valence-corrected chi connectivity index (χ2v) is 7.85. The summed E-state index contributed by atoms with van der Waals surface area (Å²) in [7, 11) is 0. The number of amidine groups is 1. The summed E-state index contributed by atoms with van der Waals surface area (Å²) in [5.41, 5.74) is 1.03.